The first-order chi connectivity index (χ1) is 12.2. The maximum atomic E-state index is 4.12. The second kappa shape index (κ2) is 7.89. The van der Waals surface area contributed by atoms with Crippen LogP contribution in [0.5, 0.6) is 0 Å². The molecule has 0 aliphatic heterocycles. The van der Waals surface area contributed by atoms with Crippen molar-refractivity contribution in [3.05, 3.63) is 84.4 Å². The molecular formula is C23H24N2. The first-order valence-electron chi connectivity index (χ1n) is 8.85. The van der Waals surface area contributed by atoms with Crippen LogP contribution >= 0.6 is 0 Å². The van der Waals surface area contributed by atoms with Crippen LogP contribution in [0.4, 0.5) is 0 Å². The zero-order chi connectivity index (χ0) is 17.6. The summed E-state index contributed by atoms with van der Waals surface area (Å²) in [5, 5.41) is 5.12. The SMILES string of the molecule is CC(C)c1cccc2cnccc12.CCc1cccc2ccncc12. The van der Waals surface area contributed by atoms with Gasteiger partial charge in [-0.15, -0.1) is 0 Å². The summed E-state index contributed by atoms with van der Waals surface area (Å²) in [7, 11) is 0. The van der Waals surface area contributed by atoms with Gasteiger partial charge >= 0.3 is 0 Å². The highest BCUT2D eigenvalue weighted by atomic mass is 14.6. The fraction of sp³-hybridized carbons (Fsp3) is 0.217. The second-order valence-electron chi connectivity index (χ2n) is 6.47. The molecule has 0 bridgehead atoms. The number of benzene rings is 2. The van der Waals surface area contributed by atoms with Gasteiger partial charge in [0.25, 0.3) is 0 Å². The molecule has 126 valence electrons. The summed E-state index contributed by atoms with van der Waals surface area (Å²) in [5.74, 6) is 0.575. The van der Waals surface area contributed by atoms with Gasteiger partial charge in [-0.2, -0.15) is 0 Å². The van der Waals surface area contributed by atoms with E-state index in [4.69, 9.17) is 0 Å². The highest BCUT2D eigenvalue weighted by Gasteiger charge is 2.03. The topological polar surface area (TPSA) is 25.8 Å². The molecule has 4 aromatic rings. The fourth-order valence-corrected chi connectivity index (χ4v) is 3.14. The smallest absolute Gasteiger partial charge is 0.0349 e. The van der Waals surface area contributed by atoms with Crippen molar-refractivity contribution in [2.45, 2.75) is 33.1 Å². The molecule has 0 atom stereocenters. The quantitative estimate of drug-likeness (QED) is 0.440. The van der Waals surface area contributed by atoms with E-state index in [0.717, 1.165) is 6.42 Å². The Bertz CT molecular complexity index is 963. The minimum absolute atomic E-state index is 0.575. The molecular weight excluding hydrogens is 304 g/mol. The molecule has 2 heterocycles. The van der Waals surface area contributed by atoms with Gasteiger partial charge in [0.05, 0.1) is 0 Å². The van der Waals surface area contributed by atoms with Crippen molar-refractivity contribution >= 4 is 21.5 Å². The summed E-state index contributed by atoms with van der Waals surface area (Å²) in [4.78, 5) is 8.23. The lowest BCUT2D eigenvalue weighted by atomic mass is 9.97. The van der Waals surface area contributed by atoms with E-state index in [1.54, 1.807) is 0 Å². The zero-order valence-corrected chi connectivity index (χ0v) is 15.1. The van der Waals surface area contributed by atoms with E-state index >= 15 is 0 Å². The highest BCUT2D eigenvalue weighted by Crippen LogP contribution is 2.24. The molecule has 0 radical (unpaired) electrons. The number of hydrogen-bond donors (Lipinski definition) is 0. The van der Waals surface area contributed by atoms with Crippen molar-refractivity contribution in [3.8, 4) is 0 Å². The molecule has 0 unspecified atom stereocenters. The third kappa shape index (κ3) is 3.85. The van der Waals surface area contributed by atoms with Crippen molar-refractivity contribution in [2.24, 2.45) is 0 Å². The normalized spacial score (nSPS) is 10.7. The van der Waals surface area contributed by atoms with Gasteiger partial charge in [0.2, 0.25) is 0 Å². The number of aromatic nitrogens is 2. The van der Waals surface area contributed by atoms with Crippen LogP contribution in [0.15, 0.2) is 73.3 Å². The van der Waals surface area contributed by atoms with Crippen LogP contribution < -0.4 is 0 Å². The Balaban J connectivity index is 0.000000146. The van der Waals surface area contributed by atoms with Gasteiger partial charge in [-0.25, -0.2) is 0 Å². The summed E-state index contributed by atoms with van der Waals surface area (Å²) in [5.41, 5.74) is 2.78. The van der Waals surface area contributed by atoms with Crippen molar-refractivity contribution in [1.29, 1.82) is 0 Å². The average Bonchev–Trinajstić information content (AvgIpc) is 2.67. The summed E-state index contributed by atoms with van der Waals surface area (Å²) in [6.07, 6.45) is 8.62. The van der Waals surface area contributed by atoms with Crippen LogP contribution in [0.3, 0.4) is 0 Å². The molecule has 25 heavy (non-hydrogen) atoms. The fourth-order valence-electron chi connectivity index (χ4n) is 3.14. The van der Waals surface area contributed by atoms with E-state index in [1.165, 1.54) is 32.7 Å². The Morgan fingerprint density at radius 3 is 2.28 bits per heavy atom. The van der Waals surface area contributed by atoms with Gasteiger partial charge in [0.15, 0.2) is 0 Å². The van der Waals surface area contributed by atoms with E-state index in [1.807, 2.05) is 24.8 Å². The summed E-state index contributed by atoms with van der Waals surface area (Å²) in [6, 6.07) is 16.9. The summed E-state index contributed by atoms with van der Waals surface area (Å²) < 4.78 is 0. The predicted octanol–water partition coefficient (Wildman–Crippen LogP) is 6.16. The first-order valence-corrected chi connectivity index (χ1v) is 8.85. The van der Waals surface area contributed by atoms with Crippen LogP contribution in [0.2, 0.25) is 0 Å². The van der Waals surface area contributed by atoms with E-state index in [0.29, 0.717) is 5.92 Å². The standard InChI is InChI=1S/C12H13N.C11H11N/c1-9(2)11-5-3-4-10-8-13-7-6-12(10)11;1-2-9-4-3-5-10-6-7-12-8-11(9)10/h3-9H,1-2H3;3-8H,2H2,1H3. The number of hydrogen-bond acceptors (Lipinski definition) is 2. The molecule has 4 rings (SSSR count). The third-order valence-corrected chi connectivity index (χ3v) is 4.49. The van der Waals surface area contributed by atoms with Crippen LogP contribution in [-0.4, -0.2) is 9.97 Å². The molecule has 0 spiro atoms. The van der Waals surface area contributed by atoms with Crippen LogP contribution in [0.1, 0.15) is 37.8 Å². The largest absolute Gasteiger partial charge is 0.264 e. The molecule has 0 amide bonds. The third-order valence-electron chi connectivity index (χ3n) is 4.49. The minimum Gasteiger partial charge on any atom is -0.264 e. The Morgan fingerprint density at radius 2 is 1.48 bits per heavy atom. The molecule has 0 aliphatic rings. The van der Waals surface area contributed by atoms with Gasteiger partial charge in [-0.3, -0.25) is 9.97 Å². The van der Waals surface area contributed by atoms with Gasteiger partial charge in [0.1, 0.15) is 0 Å². The van der Waals surface area contributed by atoms with Gasteiger partial charge in [-0.1, -0.05) is 57.2 Å². The molecule has 2 aromatic carbocycles. The van der Waals surface area contributed by atoms with E-state index in [9.17, 15) is 0 Å². The summed E-state index contributed by atoms with van der Waals surface area (Å²) in [6.45, 7) is 6.60. The highest BCUT2D eigenvalue weighted by molar-refractivity contribution is 5.85. The van der Waals surface area contributed by atoms with Gasteiger partial charge in [-0.05, 0) is 46.4 Å². The molecule has 2 nitrogen and oxygen atoms in total. The Hall–Kier alpha value is -2.74. The van der Waals surface area contributed by atoms with Crippen molar-refractivity contribution in [1.82, 2.24) is 9.97 Å². The number of fused-ring (bicyclic) bond motifs is 2. The Kier molecular flexibility index (Phi) is 5.39. The summed E-state index contributed by atoms with van der Waals surface area (Å²) >= 11 is 0. The molecule has 0 N–H and O–H groups in total. The number of rotatable bonds is 2. The van der Waals surface area contributed by atoms with Gasteiger partial charge < -0.3 is 0 Å². The van der Waals surface area contributed by atoms with E-state index < -0.39 is 0 Å². The van der Waals surface area contributed by atoms with E-state index in [2.05, 4.69) is 79.3 Å². The van der Waals surface area contributed by atoms with Gasteiger partial charge in [0, 0.05) is 35.6 Å². The molecule has 0 fully saturated rings. The molecule has 0 saturated carbocycles. The average molecular weight is 328 g/mol. The minimum atomic E-state index is 0.575. The molecule has 2 aromatic heterocycles. The van der Waals surface area contributed by atoms with Crippen molar-refractivity contribution in [3.63, 3.8) is 0 Å². The predicted molar refractivity (Wildman–Crippen MR) is 107 cm³/mol. The number of pyridine rings is 2. The Labute approximate surface area is 149 Å². The number of aryl methyl sites for hydroxylation is 1. The Morgan fingerprint density at radius 1 is 0.760 bits per heavy atom. The zero-order valence-electron chi connectivity index (χ0n) is 15.1. The lowest BCUT2D eigenvalue weighted by Gasteiger charge is -2.08. The molecule has 2 heteroatoms. The lowest BCUT2D eigenvalue weighted by Crippen LogP contribution is -1.88. The second-order valence-corrected chi connectivity index (χ2v) is 6.47. The van der Waals surface area contributed by atoms with Crippen LogP contribution in [-0.2, 0) is 6.42 Å². The molecule has 0 saturated heterocycles. The van der Waals surface area contributed by atoms with Crippen molar-refractivity contribution < 1.29 is 0 Å². The van der Waals surface area contributed by atoms with E-state index in [-0.39, 0.29) is 0 Å². The monoisotopic (exact) mass is 328 g/mol. The lowest BCUT2D eigenvalue weighted by molar-refractivity contribution is 0.876. The first kappa shape index (κ1) is 17.1. The van der Waals surface area contributed by atoms with Crippen LogP contribution in [0.25, 0.3) is 21.5 Å². The maximum Gasteiger partial charge on any atom is 0.0349 e. The molecule has 0 aliphatic carbocycles. The van der Waals surface area contributed by atoms with Crippen LogP contribution in [0, 0.1) is 0 Å². The number of nitrogens with zero attached hydrogens (tertiary/aromatic N) is 2. The van der Waals surface area contributed by atoms with Crippen molar-refractivity contribution in [2.75, 3.05) is 0 Å². The maximum absolute atomic E-state index is 4.12.